The molecule has 2 aliphatic carbocycles. The van der Waals surface area contributed by atoms with Gasteiger partial charge in [-0.15, -0.1) is 22.7 Å². The first-order chi connectivity index (χ1) is 18.3. The van der Waals surface area contributed by atoms with E-state index in [9.17, 15) is 19.2 Å². The number of aryl methyl sites for hydroxylation is 2. The molecule has 38 heavy (non-hydrogen) atoms. The number of benzene rings is 1. The number of hydrogen-bond donors (Lipinski definition) is 4. The molecule has 0 fully saturated rings. The highest BCUT2D eigenvalue weighted by Crippen LogP contribution is 2.39. The fourth-order valence-electron chi connectivity index (χ4n) is 5.33. The summed E-state index contributed by atoms with van der Waals surface area (Å²) in [4.78, 5) is 53.0. The second-order valence-electron chi connectivity index (χ2n) is 9.75. The number of hydrogen-bond acceptors (Lipinski definition) is 6. The van der Waals surface area contributed by atoms with Gasteiger partial charge in [-0.2, -0.15) is 0 Å². The highest BCUT2D eigenvalue weighted by atomic mass is 32.1. The fraction of sp³-hybridized carbons (Fsp3) is 0.357. The van der Waals surface area contributed by atoms with Crippen molar-refractivity contribution in [2.75, 3.05) is 10.6 Å². The second kappa shape index (κ2) is 11.1. The predicted octanol–water partition coefficient (Wildman–Crippen LogP) is 5.05. The lowest BCUT2D eigenvalue weighted by molar-refractivity contribution is 0.0990. The van der Waals surface area contributed by atoms with Crippen molar-refractivity contribution in [1.82, 2.24) is 0 Å². The average Bonchev–Trinajstić information content (AvgIpc) is 3.18. The Balaban J connectivity index is 1.37. The first-order valence-electron chi connectivity index (χ1n) is 12.9. The van der Waals surface area contributed by atoms with Gasteiger partial charge >= 0.3 is 0 Å². The van der Waals surface area contributed by atoms with E-state index in [1.807, 2.05) is 0 Å². The largest absolute Gasteiger partial charge is 0.365 e. The molecule has 0 bridgehead atoms. The molecule has 0 unspecified atom stereocenters. The molecule has 6 N–H and O–H groups in total. The van der Waals surface area contributed by atoms with Crippen molar-refractivity contribution in [3.8, 4) is 0 Å². The number of carbonyl (C=O) groups excluding carboxylic acids is 4. The van der Waals surface area contributed by atoms with Gasteiger partial charge in [-0.25, -0.2) is 0 Å². The van der Waals surface area contributed by atoms with Gasteiger partial charge in [0.15, 0.2) is 0 Å². The number of rotatable bonds is 6. The minimum absolute atomic E-state index is 0.272. The van der Waals surface area contributed by atoms with E-state index in [1.165, 1.54) is 28.7 Å². The van der Waals surface area contributed by atoms with E-state index in [0.29, 0.717) is 21.1 Å². The van der Waals surface area contributed by atoms with E-state index in [-0.39, 0.29) is 11.1 Å². The Labute approximate surface area is 228 Å². The van der Waals surface area contributed by atoms with Crippen LogP contribution in [0.25, 0.3) is 0 Å². The molecule has 2 aliphatic rings. The average molecular weight is 551 g/mol. The Morgan fingerprint density at radius 2 is 1.05 bits per heavy atom. The zero-order valence-electron chi connectivity index (χ0n) is 21.0. The molecule has 2 heterocycles. The second-order valence-corrected chi connectivity index (χ2v) is 12.0. The van der Waals surface area contributed by atoms with Crippen molar-refractivity contribution in [3.63, 3.8) is 0 Å². The first-order valence-corrected chi connectivity index (χ1v) is 14.6. The number of anilines is 2. The molecule has 0 atom stereocenters. The summed E-state index contributed by atoms with van der Waals surface area (Å²) in [7, 11) is 0. The Morgan fingerprint density at radius 1 is 0.632 bits per heavy atom. The highest BCUT2D eigenvalue weighted by Gasteiger charge is 2.26. The first kappa shape index (κ1) is 26.1. The summed E-state index contributed by atoms with van der Waals surface area (Å²) in [6.45, 7) is 0. The fourth-order valence-corrected chi connectivity index (χ4v) is 7.91. The number of fused-ring (bicyclic) bond motifs is 2. The molecule has 0 spiro atoms. The standard InChI is InChI=1S/C28H30N4O4S2/c29-23(33)21-17-10-3-1-5-12-19(17)37-27(21)31-25(35)15-8-7-9-16(14-15)26(36)32-28-22(24(30)34)18-11-4-2-6-13-20(18)38-28/h7-9,14H,1-6,10-13H2,(H2,29,33)(H2,30,34)(H,31,35)(H,32,36). The Hall–Kier alpha value is -3.50. The number of thiophene rings is 2. The maximum absolute atomic E-state index is 13.2. The molecule has 1 aromatic carbocycles. The SMILES string of the molecule is NC(=O)c1c(NC(=O)c2cccc(C(=O)Nc3sc4c(c3C(N)=O)CCCCC4)c2)sc2c1CCCCC2. The summed E-state index contributed by atoms with van der Waals surface area (Å²) in [6.07, 6.45) is 9.54. The molecule has 4 amide bonds. The van der Waals surface area contributed by atoms with Crippen LogP contribution < -0.4 is 22.1 Å². The van der Waals surface area contributed by atoms with E-state index < -0.39 is 23.6 Å². The van der Waals surface area contributed by atoms with Crippen LogP contribution in [0.3, 0.4) is 0 Å². The summed E-state index contributed by atoms with van der Waals surface area (Å²) in [5.74, 6) is -1.96. The van der Waals surface area contributed by atoms with Crippen molar-refractivity contribution in [1.29, 1.82) is 0 Å². The lowest BCUT2D eigenvalue weighted by Crippen LogP contribution is -2.19. The Bertz CT molecular complexity index is 1340. The summed E-state index contributed by atoms with van der Waals surface area (Å²) < 4.78 is 0. The molecule has 0 saturated heterocycles. The Morgan fingerprint density at radius 3 is 1.47 bits per heavy atom. The van der Waals surface area contributed by atoms with Crippen LogP contribution >= 0.6 is 22.7 Å². The summed E-state index contributed by atoms with van der Waals surface area (Å²) in [5.41, 5.74) is 14.6. The third kappa shape index (κ3) is 5.23. The third-order valence-electron chi connectivity index (χ3n) is 7.18. The maximum Gasteiger partial charge on any atom is 0.256 e. The zero-order chi connectivity index (χ0) is 26.8. The summed E-state index contributed by atoms with van der Waals surface area (Å²) in [5, 5.41) is 6.61. The number of carbonyl (C=O) groups is 4. The third-order valence-corrected chi connectivity index (χ3v) is 9.59. The summed E-state index contributed by atoms with van der Waals surface area (Å²) in [6, 6.07) is 6.34. The molecule has 0 saturated carbocycles. The van der Waals surface area contributed by atoms with Crippen LogP contribution in [0.1, 0.15) is 101 Å². The molecular formula is C28H30N4O4S2. The number of amides is 4. The van der Waals surface area contributed by atoms with E-state index in [2.05, 4.69) is 10.6 Å². The van der Waals surface area contributed by atoms with Crippen LogP contribution in [0.5, 0.6) is 0 Å². The van der Waals surface area contributed by atoms with Crippen molar-refractivity contribution >= 4 is 56.3 Å². The zero-order valence-corrected chi connectivity index (χ0v) is 22.6. The van der Waals surface area contributed by atoms with Gasteiger partial charge in [-0.3, -0.25) is 19.2 Å². The van der Waals surface area contributed by atoms with Gasteiger partial charge in [-0.1, -0.05) is 18.9 Å². The smallest absolute Gasteiger partial charge is 0.256 e. The van der Waals surface area contributed by atoms with Gasteiger partial charge < -0.3 is 22.1 Å². The lowest BCUT2D eigenvalue weighted by Gasteiger charge is -2.09. The maximum atomic E-state index is 13.2. The van der Waals surface area contributed by atoms with Crippen LogP contribution in [0.4, 0.5) is 10.0 Å². The van der Waals surface area contributed by atoms with E-state index >= 15 is 0 Å². The molecule has 0 aliphatic heterocycles. The minimum Gasteiger partial charge on any atom is -0.365 e. The highest BCUT2D eigenvalue weighted by molar-refractivity contribution is 7.17. The number of primary amides is 2. The van der Waals surface area contributed by atoms with E-state index in [0.717, 1.165) is 85.1 Å². The molecular weight excluding hydrogens is 520 g/mol. The molecule has 3 aromatic rings. The quantitative estimate of drug-likeness (QED) is 0.318. The van der Waals surface area contributed by atoms with Gasteiger partial charge in [0.2, 0.25) is 0 Å². The predicted molar refractivity (Wildman–Crippen MR) is 151 cm³/mol. The monoisotopic (exact) mass is 550 g/mol. The van der Waals surface area contributed by atoms with Gasteiger partial charge in [-0.05, 0) is 80.7 Å². The van der Waals surface area contributed by atoms with Crippen LogP contribution in [-0.2, 0) is 25.7 Å². The number of nitrogens with two attached hydrogens (primary N) is 2. The topological polar surface area (TPSA) is 144 Å². The molecule has 8 nitrogen and oxygen atoms in total. The van der Waals surface area contributed by atoms with Gasteiger partial charge in [0.05, 0.1) is 11.1 Å². The van der Waals surface area contributed by atoms with Gasteiger partial charge in [0, 0.05) is 20.9 Å². The number of nitrogens with one attached hydrogen (secondary N) is 2. The van der Waals surface area contributed by atoms with Crippen LogP contribution in [0, 0.1) is 0 Å². The van der Waals surface area contributed by atoms with Gasteiger partial charge in [0.1, 0.15) is 10.0 Å². The lowest BCUT2D eigenvalue weighted by atomic mass is 10.0. The van der Waals surface area contributed by atoms with Crippen molar-refractivity contribution in [2.24, 2.45) is 11.5 Å². The molecule has 5 rings (SSSR count). The van der Waals surface area contributed by atoms with Crippen LogP contribution in [-0.4, -0.2) is 23.6 Å². The van der Waals surface area contributed by atoms with E-state index in [1.54, 1.807) is 18.2 Å². The van der Waals surface area contributed by atoms with Crippen molar-refractivity contribution < 1.29 is 19.2 Å². The van der Waals surface area contributed by atoms with Crippen LogP contribution in [0.15, 0.2) is 24.3 Å². The van der Waals surface area contributed by atoms with E-state index in [4.69, 9.17) is 11.5 Å². The van der Waals surface area contributed by atoms with Crippen LogP contribution in [0.2, 0.25) is 0 Å². The molecule has 198 valence electrons. The minimum atomic E-state index is -0.549. The molecule has 0 radical (unpaired) electrons. The molecule has 2 aromatic heterocycles. The molecule has 10 heteroatoms. The van der Waals surface area contributed by atoms with Crippen molar-refractivity contribution in [3.05, 3.63) is 67.4 Å². The normalized spacial score (nSPS) is 14.9. The van der Waals surface area contributed by atoms with Crippen molar-refractivity contribution in [2.45, 2.75) is 64.2 Å². The summed E-state index contributed by atoms with van der Waals surface area (Å²) >= 11 is 2.81. The van der Waals surface area contributed by atoms with Gasteiger partial charge in [0.25, 0.3) is 23.6 Å². The Kier molecular flexibility index (Phi) is 7.62.